The second-order valence-corrected chi connectivity index (χ2v) is 4.62. The van der Waals surface area contributed by atoms with Crippen molar-refractivity contribution in [2.75, 3.05) is 11.5 Å². The predicted molar refractivity (Wildman–Crippen MR) is 42.8 cm³/mol. The average Bonchev–Trinajstić information content (AvgIpc) is 1.79. The summed E-state index contributed by atoms with van der Waals surface area (Å²) in [4.78, 5) is 0. The lowest BCUT2D eigenvalue weighted by Gasteiger charge is -2.32. The summed E-state index contributed by atoms with van der Waals surface area (Å²) < 4.78 is 7.34. The predicted octanol–water partition coefficient (Wildman–Crippen LogP) is 2.04. The van der Waals surface area contributed by atoms with Gasteiger partial charge in [0.05, 0.1) is 0 Å². The summed E-state index contributed by atoms with van der Waals surface area (Å²) in [7, 11) is 0.0558. The van der Waals surface area contributed by atoms with Crippen LogP contribution in [0.1, 0.15) is 20.3 Å². The first-order valence-electron chi connectivity index (χ1n) is 3.62. The lowest BCUT2D eigenvalue weighted by molar-refractivity contribution is 0.400. The fourth-order valence-electron chi connectivity index (χ4n) is 1.13. The highest BCUT2D eigenvalue weighted by molar-refractivity contribution is 7.87. The maximum absolute atomic E-state index is 7.34. The third-order valence-corrected chi connectivity index (χ3v) is 3.94. The first-order chi connectivity index (χ1) is 4.24. The van der Waals surface area contributed by atoms with Gasteiger partial charge in [-0.1, -0.05) is 20.3 Å². The van der Waals surface area contributed by atoms with E-state index in [1.807, 2.05) is 0 Å². The Hall–Kier alpha value is 0.150. The van der Waals surface area contributed by atoms with Gasteiger partial charge in [0.2, 0.25) is 0 Å². The van der Waals surface area contributed by atoms with Crippen LogP contribution in [-0.2, 0) is 10.7 Å². The summed E-state index contributed by atoms with van der Waals surface area (Å²) in [5.41, 5.74) is 0. The van der Waals surface area contributed by atoms with E-state index in [0.717, 1.165) is 11.8 Å². The Bertz CT molecular complexity index is 114. The van der Waals surface area contributed by atoms with Gasteiger partial charge in [-0.05, 0) is 11.8 Å². The van der Waals surface area contributed by atoms with Gasteiger partial charge in [-0.3, -0.25) is 4.78 Å². The van der Waals surface area contributed by atoms with Gasteiger partial charge in [-0.2, -0.15) is 0 Å². The van der Waals surface area contributed by atoms with Crippen LogP contribution in [0.3, 0.4) is 0 Å². The molecular formula is C7H15NS. The normalized spacial score (nSPS) is 37.6. The Morgan fingerprint density at radius 3 is 2.56 bits per heavy atom. The Balaban J connectivity index is 2.23. The molecule has 0 radical (unpaired) electrons. The second-order valence-electron chi connectivity index (χ2n) is 2.97. The van der Waals surface area contributed by atoms with Crippen molar-refractivity contribution < 1.29 is 0 Å². The molecule has 0 saturated carbocycles. The number of rotatable bonds is 2. The van der Waals surface area contributed by atoms with E-state index in [-0.39, 0.29) is 10.7 Å². The molecule has 1 unspecified atom stereocenters. The van der Waals surface area contributed by atoms with Crippen molar-refractivity contribution in [3.8, 4) is 0 Å². The van der Waals surface area contributed by atoms with Gasteiger partial charge in [-0.15, -0.1) is 10.7 Å². The lowest BCUT2D eigenvalue weighted by Crippen LogP contribution is -2.34. The molecule has 2 heteroatoms. The van der Waals surface area contributed by atoms with Crippen LogP contribution >= 0.6 is 0 Å². The van der Waals surface area contributed by atoms with Gasteiger partial charge in [0.1, 0.15) is 0 Å². The largest absolute Gasteiger partial charge is 0.280 e. The minimum Gasteiger partial charge on any atom is -0.280 e. The maximum atomic E-state index is 7.34. The molecule has 0 aromatic heterocycles. The van der Waals surface area contributed by atoms with Crippen LogP contribution in [0.4, 0.5) is 0 Å². The van der Waals surface area contributed by atoms with E-state index in [1.54, 1.807) is 0 Å². The molecule has 0 spiro atoms. The van der Waals surface area contributed by atoms with E-state index >= 15 is 0 Å². The summed E-state index contributed by atoms with van der Waals surface area (Å²) in [6, 6.07) is 0. The van der Waals surface area contributed by atoms with Gasteiger partial charge >= 0.3 is 0 Å². The Morgan fingerprint density at radius 1 is 1.67 bits per heavy atom. The minimum absolute atomic E-state index is 0.0558. The summed E-state index contributed by atoms with van der Waals surface area (Å²) in [5.74, 6) is 4.15. The molecule has 0 aromatic carbocycles. The van der Waals surface area contributed by atoms with Crippen molar-refractivity contribution in [3.05, 3.63) is 0 Å². The van der Waals surface area contributed by atoms with Crippen LogP contribution in [0.25, 0.3) is 0 Å². The fourth-order valence-corrected chi connectivity index (χ4v) is 2.72. The number of hydrogen-bond acceptors (Lipinski definition) is 1. The van der Waals surface area contributed by atoms with Crippen molar-refractivity contribution in [2.24, 2.45) is 11.8 Å². The van der Waals surface area contributed by atoms with Gasteiger partial charge in [0, 0.05) is 11.5 Å². The summed E-state index contributed by atoms with van der Waals surface area (Å²) >= 11 is 0. The molecule has 1 N–H and O–H groups in total. The van der Waals surface area contributed by atoms with Crippen molar-refractivity contribution in [1.82, 2.24) is 0 Å². The molecule has 1 nitrogen and oxygen atoms in total. The molecule has 1 aliphatic rings. The Labute approximate surface area is 59.7 Å². The molecular weight excluding hydrogens is 130 g/mol. The van der Waals surface area contributed by atoms with Gasteiger partial charge < -0.3 is 0 Å². The third kappa shape index (κ3) is 1.54. The standard InChI is InChI=1S/C7H15NS/c1-3-6(2)7-4-9(8)5-7/h6-8H,3-5H2,1-2H3. The molecule has 0 aromatic rings. The van der Waals surface area contributed by atoms with E-state index in [4.69, 9.17) is 4.78 Å². The Morgan fingerprint density at radius 2 is 2.22 bits per heavy atom. The maximum Gasteiger partial charge on any atom is 0.00777 e. The smallest absolute Gasteiger partial charge is 0.00777 e. The van der Waals surface area contributed by atoms with Crippen LogP contribution in [0, 0.1) is 16.6 Å². The molecule has 1 fully saturated rings. The van der Waals surface area contributed by atoms with Crippen molar-refractivity contribution in [1.29, 1.82) is 4.78 Å². The zero-order chi connectivity index (χ0) is 6.85. The topological polar surface area (TPSA) is 23.9 Å². The number of nitrogens with one attached hydrogen (secondary N) is 1. The molecule has 54 valence electrons. The Kier molecular flexibility index (Phi) is 2.28. The van der Waals surface area contributed by atoms with Crippen LogP contribution < -0.4 is 0 Å². The zero-order valence-corrected chi connectivity index (χ0v) is 7.00. The van der Waals surface area contributed by atoms with E-state index < -0.39 is 0 Å². The highest BCUT2D eigenvalue weighted by Crippen LogP contribution is 2.25. The zero-order valence-electron chi connectivity index (χ0n) is 6.18. The molecule has 1 rings (SSSR count). The van der Waals surface area contributed by atoms with Crippen molar-refractivity contribution in [2.45, 2.75) is 20.3 Å². The van der Waals surface area contributed by atoms with Crippen LogP contribution in [0.2, 0.25) is 0 Å². The molecule has 1 saturated heterocycles. The summed E-state index contributed by atoms with van der Waals surface area (Å²) in [5, 5.41) is 0. The molecule has 0 amide bonds. The average molecular weight is 145 g/mol. The summed E-state index contributed by atoms with van der Waals surface area (Å²) in [6.45, 7) is 4.55. The van der Waals surface area contributed by atoms with Crippen molar-refractivity contribution >= 4 is 10.7 Å². The van der Waals surface area contributed by atoms with Gasteiger partial charge in [-0.25, -0.2) is 0 Å². The highest BCUT2D eigenvalue weighted by atomic mass is 32.2. The SMILES string of the molecule is CCC(C)C1CS(=N)C1. The first-order valence-corrected chi connectivity index (χ1v) is 5.19. The first kappa shape index (κ1) is 7.26. The van der Waals surface area contributed by atoms with Crippen LogP contribution in [-0.4, -0.2) is 11.5 Å². The molecule has 1 atom stereocenters. The van der Waals surface area contributed by atoms with Crippen LogP contribution in [0.5, 0.6) is 0 Å². The molecule has 1 aliphatic heterocycles. The lowest BCUT2D eigenvalue weighted by atomic mass is 9.95. The fraction of sp³-hybridized carbons (Fsp3) is 1.00. The quantitative estimate of drug-likeness (QED) is 0.615. The second kappa shape index (κ2) is 2.82. The number of hydrogen-bond donors (Lipinski definition) is 1. The van der Waals surface area contributed by atoms with Gasteiger partial charge in [0.15, 0.2) is 0 Å². The molecule has 0 aliphatic carbocycles. The van der Waals surface area contributed by atoms with Crippen molar-refractivity contribution in [3.63, 3.8) is 0 Å². The van der Waals surface area contributed by atoms with E-state index in [1.165, 1.54) is 17.9 Å². The third-order valence-electron chi connectivity index (χ3n) is 2.28. The molecule has 9 heavy (non-hydrogen) atoms. The molecule has 0 bridgehead atoms. The monoisotopic (exact) mass is 145 g/mol. The van der Waals surface area contributed by atoms with E-state index in [0.29, 0.717) is 0 Å². The molecule has 1 heterocycles. The van der Waals surface area contributed by atoms with E-state index in [2.05, 4.69) is 13.8 Å². The van der Waals surface area contributed by atoms with Crippen LogP contribution in [0.15, 0.2) is 0 Å². The highest BCUT2D eigenvalue weighted by Gasteiger charge is 2.26. The minimum atomic E-state index is 0.0558. The van der Waals surface area contributed by atoms with Gasteiger partial charge in [0.25, 0.3) is 0 Å². The summed E-state index contributed by atoms with van der Waals surface area (Å²) in [6.07, 6.45) is 1.29. The van der Waals surface area contributed by atoms with E-state index in [9.17, 15) is 0 Å².